The molecule has 7 heteroatoms. The van der Waals surface area contributed by atoms with E-state index in [-0.39, 0.29) is 25.3 Å². The summed E-state index contributed by atoms with van der Waals surface area (Å²) in [6, 6.07) is -0.104. The van der Waals surface area contributed by atoms with Gasteiger partial charge in [0.05, 0.1) is 29.8 Å². The average Bonchev–Trinajstić information content (AvgIpc) is 2.44. The van der Waals surface area contributed by atoms with Gasteiger partial charge in [-0.15, -0.1) is 0 Å². The lowest BCUT2D eigenvalue weighted by Gasteiger charge is -2.18. The van der Waals surface area contributed by atoms with Crippen molar-refractivity contribution in [3.05, 3.63) is 10.7 Å². The molecule has 108 valence electrons. The van der Waals surface area contributed by atoms with Crippen LogP contribution in [0.1, 0.15) is 26.7 Å². The van der Waals surface area contributed by atoms with Crippen molar-refractivity contribution in [2.45, 2.75) is 38.8 Å². The maximum absolute atomic E-state index is 9.20. The number of aliphatic hydroxyl groups excluding tert-OH is 2. The Morgan fingerprint density at radius 3 is 2.26 bits per heavy atom. The summed E-state index contributed by atoms with van der Waals surface area (Å²) in [6.45, 7) is 4.04. The van der Waals surface area contributed by atoms with Gasteiger partial charge in [-0.3, -0.25) is 0 Å². The normalized spacial score (nSPS) is 13.9. The van der Waals surface area contributed by atoms with E-state index in [4.69, 9.17) is 5.11 Å². The van der Waals surface area contributed by atoms with Crippen LogP contribution in [-0.4, -0.2) is 45.5 Å². The number of aliphatic hydroxyl groups is 2. The van der Waals surface area contributed by atoms with Gasteiger partial charge < -0.3 is 20.8 Å². The van der Waals surface area contributed by atoms with Crippen LogP contribution in [0.4, 0.5) is 11.8 Å². The second kappa shape index (κ2) is 8.29. The lowest BCUT2D eigenvalue weighted by molar-refractivity contribution is 0.271. The van der Waals surface area contributed by atoms with Gasteiger partial charge in [0.2, 0.25) is 5.95 Å². The topological polar surface area (TPSA) is 90.3 Å². The summed E-state index contributed by atoms with van der Waals surface area (Å²) in [5, 5.41) is 24.6. The van der Waals surface area contributed by atoms with Gasteiger partial charge >= 0.3 is 0 Å². The van der Waals surface area contributed by atoms with Crippen molar-refractivity contribution in [3.63, 3.8) is 0 Å². The third-order valence-electron chi connectivity index (χ3n) is 2.84. The van der Waals surface area contributed by atoms with Gasteiger partial charge in [0, 0.05) is 6.20 Å². The number of rotatable bonds is 8. The van der Waals surface area contributed by atoms with E-state index in [1.54, 1.807) is 6.20 Å². The zero-order valence-electron chi connectivity index (χ0n) is 11.2. The molecular weight excluding hydrogens is 312 g/mol. The van der Waals surface area contributed by atoms with Crippen LogP contribution in [0.5, 0.6) is 0 Å². The Morgan fingerprint density at radius 1 is 1.16 bits per heavy atom. The molecule has 1 rings (SSSR count). The van der Waals surface area contributed by atoms with E-state index < -0.39 is 0 Å². The number of hydrogen-bond acceptors (Lipinski definition) is 6. The molecule has 0 aliphatic rings. The number of nitrogens with zero attached hydrogens (tertiary/aromatic N) is 2. The van der Waals surface area contributed by atoms with Gasteiger partial charge in [0.25, 0.3) is 0 Å². The molecule has 0 spiro atoms. The summed E-state index contributed by atoms with van der Waals surface area (Å²) in [6.07, 6.45) is 3.22. The summed E-state index contributed by atoms with van der Waals surface area (Å²) in [5.74, 6) is 1.09. The minimum atomic E-state index is -0.0613. The van der Waals surface area contributed by atoms with Gasteiger partial charge in [-0.05, 0) is 28.8 Å². The highest BCUT2D eigenvalue weighted by Crippen LogP contribution is 2.21. The molecule has 0 saturated carbocycles. The summed E-state index contributed by atoms with van der Waals surface area (Å²) in [4.78, 5) is 8.49. The molecule has 0 saturated heterocycles. The van der Waals surface area contributed by atoms with Crippen molar-refractivity contribution in [2.75, 3.05) is 23.8 Å². The predicted molar refractivity (Wildman–Crippen MR) is 79.3 cm³/mol. The predicted octanol–water partition coefficient (Wildman–Crippen LogP) is 1.60. The Bertz CT molecular complexity index is 384. The summed E-state index contributed by atoms with van der Waals surface area (Å²) < 4.78 is 0.738. The van der Waals surface area contributed by atoms with Crippen LogP contribution in [-0.2, 0) is 0 Å². The van der Waals surface area contributed by atoms with Gasteiger partial charge in [0.1, 0.15) is 5.82 Å². The van der Waals surface area contributed by atoms with E-state index in [2.05, 4.69) is 36.5 Å². The molecule has 0 bridgehead atoms. The Morgan fingerprint density at radius 2 is 1.74 bits per heavy atom. The number of anilines is 2. The van der Waals surface area contributed by atoms with Gasteiger partial charge in [-0.2, -0.15) is 4.98 Å². The first-order valence-electron chi connectivity index (χ1n) is 6.41. The standard InChI is InChI=1S/C12H21BrN4O2/c1-3-8(6-18)15-11-10(13)5-14-12(17-11)16-9(4-2)7-19/h5,8-9,18-19H,3-4,6-7H2,1-2H3,(H2,14,15,16,17). The highest BCUT2D eigenvalue weighted by molar-refractivity contribution is 9.10. The number of nitrogens with one attached hydrogen (secondary N) is 2. The lowest BCUT2D eigenvalue weighted by Crippen LogP contribution is -2.26. The summed E-state index contributed by atoms with van der Waals surface area (Å²) in [7, 11) is 0. The average molecular weight is 333 g/mol. The van der Waals surface area contributed by atoms with Crippen LogP contribution in [0.25, 0.3) is 0 Å². The van der Waals surface area contributed by atoms with Crippen LogP contribution < -0.4 is 10.6 Å². The number of aromatic nitrogens is 2. The van der Waals surface area contributed by atoms with E-state index in [1.807, 2.05) is 13.8 Å². The molecule has 1 aromatic heterocycles. The van der Waals surface area contributed by atoms with E-state index in [0.717, 1.165) is 17.3 Å². The smallest absolute Gasteiger partial charge is 0.224 e. The van der Waals surface area contributed by atoms with Crippen molar-refractivity contribution in [1.82, 2.24) is 9.97 Å². The zero-order valence-corrected chi connectivity index (χ0v) is 12.8. The molecule has 2 atom stereocenters. The fourth-order valence-electron chi connectivity index (χ4n) is 1.47. The first-order valence-corrected chi connectivity index (χ1v) is 7.21. The van der Waals surface area contributed by atoms with Gasteiger partial charge in [0.15, 0.2) is 0 Å². The minimum Gasteiger partial charge on any atom is -0.394 e. The van der Waals surface area contributed by atoms with Gasteiger partial charge in [-0.25, -0.2) is 4.98 Å². The van der Waals surface area contributed by atoms with E-state index in [9.17, 15) is 5.11 Å². The Labute approximate surface area is 121 Å². The molecule has 0 aliphatic carbocycles. The molecule has 4 N–H and O–H groups in total. The van der Waals surface area contributed by atoms with Crippen molar-refractivity contribution >= 4 is 27.7 Å². The second-order valence-electron chi connectivity index (χ2n) is 4.25. The Balaban J connectivity index is 2.81. The zero-order chi connectivity index (χ0) is 14.3. The quantitative estimate of drug-likeness (QED) is 0.578. The fourth-order valence-corrected chi connectivity index (χ4v) is 1.77. The highest BCUT2D eigenvalue weighted by atomic mass is 79.9. The fraction of sp³-hybridized carbons (Fsp3) is 0.667. The first-order chi connectivity index (χ1) is 9.14. The van der Waals surface area contributed by atoms with Crippen LogP contribution in [0.15, 0.2) is 10.7 Å². The molecule has 6 nitrogen and oxygen atoms in total. The maximum atomic E-state index is 9.20. The van der Waals surface area contributed by atoms with Crippen molar-refractivity contribution in [1.29, 1.82) is 0 Å². The van der Waals surface area contributed by atoms with E-state index in [0.29, 0.717) is 11.8 Å². The maximum Gasteiger partial charge on any atom is 0.224 e. The SMILES string of the molecule is CCC(CO)Nc1ncc(Br)c(NC(CC)CO)n1. The minimum absolute atomic E-state index is 0.0346. The third-order valence-corrected chi connectivity index (χ3v) is 3.42. The van der Waals surface area contributed by atoms with E-state index >= 15 is 0 Å². The van der Waals surface area contributed by atoms with E-state index in [1.165, 1.54) is 0 Å². The van der Waals surface area contributed by atoms with Crippen molar-refractivity contribution in [2.24, 2.45) is 0 Å². The molecule has 19 heavy (non-hydrogen) atoms. The second-order valence-corrected chi connectivity index (χ2v) is 5.11. The monoisotopic (exact) mass is 332 g/mol. The van der Waals surface area contributed by atoms with Crippen LogP contribution in [0.3, 0.4) is 0 Å². The molecule has 0 fully saturated rings. The van der Waals surface area contributed by atoms with Crippen LogP contribution in [0.2, 0.25) is 0 Å². The summed E-state index contributed by atoms with van der Waals surface area (Å²) >= 11 is 3.37. The lowest BCUT2D eigenvalue weighted by atomic mass is 10.2. The molecule has 0 amide bonds. The molecule has 2 unspecified atom stereocenters. The molecule has 1 heterocycles. The Kier molecular flexibility index (Phi) is 7.04. The van der Waals surface area contributed by atoms with Crippen LogP contribution in [0, 0.1) is 0 Å². The van der Waals surface area contributed by atoms with Crippen molar-refractivity contribution in [3.8, 4) is 0 Å². The first kappa shape index (κ1) is 16.1. The highest BCUT2D eigenvalue weighted by Gasteiger charge is 2.12. The largest absolute Gasteiger partial charge is 0.394 e. The van der Waals surface area contributed by atoms with Gasteiger partial charge in [-0.1, -0.05) is 13.8 Å². The molecule has 0 radical (unpaired) electrons. The van der Waals surface area contributed by atoms with Crippen LogP contribution >= 0.6 is 15.9 Å². The Hall–Kier alpha value is -0.920. The molecule has 0 aliphatic heterocycles. The number of hydrogen-bond donors (Lipinski definition) is 4. The summed E-state index contributed by atoms with van der Waals surface area (Å²) in [5.41, 5.74) is 0. The third kappa shape index (κ3) is 4.93. The molecule has 1 aromatic rings. The molecule has 0 aromatic carbocycles. The van der Waals surface area contributed by atoms with Crippen molar-refractivity contribution < 1.29 is 10.2 Å². The molecular formula is C12H21BrN4O2. The number of halogens is 1.